The normalized spacial score (nSPS) is 14.6. The number of nitrogens with two attached hydrogens (primary N) is 1. The molecule has 2 aromatic heterocycles. The van der Waals surface area contributed by atoms with Gasteiger partial charge in [0.1, 0.15) is 17.5 Å². The van der Waals surface area contributed by atoms with Crippen LogP contribution < -0.4 is 10.6 Å². The molecular formula is C18H21N7O. The standard InChI is InChI=1S/C18H21N7O/c19-12-15-13-22-18(23-17(15)20)25-9-1-8-24(10-11-25)16(26)3-2-14-4-6-21-7-5-14/h4-7,13H,1-3,8-11H2,(H2,20,22,23). The van der Waals surface area contributed by atoms with Gasteiger partial charge in [0.15, 0.2) is 0 Å². The lowest BCUT2D eigenvalue weighted by atomic mass is 10.1. The van der Waals surface area contributed by atoms with E-state index in [0.717, 1.165) is 31.5 Å². The van der Waals surface area contributed by atoms with Crippen molar-refractivity contribution in [2.75, 3.05) is 36.8 Å². The second-order valence-corrected chi connectivity index (χ2v) is 6.16. The topological polar surface area (TPSA) is 112 Å². The molecule has 1 fully saturated rings. The van der Waals surface area contributed by atoms with E-state index in [0.29, 0.717) is 25.5 Å². The van der Waals surface area contributed by atoms with Crippen molar-refractivity contribution in [1.82, 2.24) is 19.9 Å². The lowest BCUT2D eigenvalue weighted by Gasteiger charge is -2.22. The maximum absolute atomic E-state index is 12.5. The van der Waals surface area contributed by atoms with E-state index in [2.05, 4.69) is 15.0 Å². The minimum Gasteiger partial charge on any atom is -0.382 e. The molecule has 8 heteroatoms. The number of hydrogen-bond donors (Lipinski definition) is 1. The fourth-order valence-electron chi connectivity index (χ4n) is 2.95. The van der Waals surface area contributed by atoms with Gasteiger partial charge in [0.25, 0.3) is 0 Å². The van der Waals surface area contributed by atoms with E-state index >= 15 is 0 Å². The number of amides is 1. The highest BCUT2D eigenvalue weighted by molar-refractivity contribution is 5.76. The predicted molar refractivity (Wildman–Crippen MR) is 97.1 cm³/mol. The highest BCUT2D eigenvalue weighted by Crippen LogP contribution is 2.15. The van der Waals surface area contributed by atoms with Gasteiger partial charge in [-0.25, -0.2) is 4.98 Å². The van der Waals surface area contributed by atoms with Gasteiger partial charge in [-0.3, -0.25) is 9.78 Å². The van der Waals surface area contributed by atoms with Crippen LogP contribution in [-0.2, 0) is 11.2 Å². The summed E-state index contributed by atoms with van der Waals surface area (Å²) in [6, 6.07) is 5.83. The largest absolute Gasteiger partial charge is 0.382 e. The Bertz CT molecular complexity index is 803. The Labute approximate surface area is 152 Å². The van der Waals surface area contributed by atoms with Crippen molar-refractivity contribution < 1.29 is 4.79 Å². The van der Waals surface area contributed by atoms with Gasteiger partial charge in [-0.05, 0) is 30.5 Å². The first-order valence-electron chi connectivity index (χ1n) is 8.61. The van der Waals surface area contributed by atoms with Crippen LogP contribution in [0.2, 0.25) is 0 Å². The number of nitrogen functional groups attached to an aromatic ring is 1. The molecule has 1 aliphatic rings. The summed E-state index contributed by atoms with van der Waals surface area (Å²) in [6.07, 6.45) is 6.98. The summed E-state index contributed by atoms with van der Waals surface area (Å²) in [5.74, 6) is 0.850. The molecule has 3 heterocycles. The van der Waals surface area contributed by atoms with Crippen LogP contribution in [0.15, 0.2) is 30.7 Å². The number of carbonyl (C=O) groups is 1. The molecule has 0 saturated carbocycles. The Morgan fingerprint density at radius 3 is 2.77 bits per heavy atom. The molecule has 0 atom stereocenters. The number of anilines is 2. The van der Waals surface area contributed by atoms with Crippen molar-refractivity contribution >= 4 is 17.7 Å². The van der Waals surface area contributed by atoms with Crippen molar-refractivity contribution in [3.8, 4) is 6.07 Å². The monoisotopic (exact) mass is 351 g/mol. The van der Waals surface area contributed by atoms with Crippen LogP contribution in [-0.4, -0.2) is 51.9 Å². The average Bonchev–Trinajstić information content (AvgIpc) is 2.93. The lowest BCUT2D eigenvalue weighted by Crippen LogP contribution is -2.35. The molecule has 0 aliphatic carbocycles. The summed E-state index contributed by atoms with van der Waals surface area (Å²) >= 11 is 0. The van der Waals surface area contributed by atoms with Crippen LogP contribution >= 0.6 is 0 Å². The van der Waals surface area contributed by atoms with Gasteiger partial charge in [0.05, 0.1) is 6.20 Å². The third-order valence-electron chi connectivity index (χ3n) is 4.43. The molecule has 0 unspecified atom stereocenters. The molecule has 3 rings (SSSR count). The van der Waals surface area contributed by atoms with E-state index in [4.69, 9.17) is 11.0 Å². The first-order valence-corrected chi connectivity index (χ1v) is 8.61. The fraction of sp³-hybridized carbons (Fsp3) is 0.389. The molecular weight excluding hydrogens is 330 g/mol. The Hall–Kier alpha value is -3.21. The molecule has 0 aromatic carbocycles. The maximum Gasteiger partial charge on any atom is 0.227 e. The number of rotatable bonds is 4. The second kappa shape index (κ2) is 8.25. The zero-order chi connectivity index (χ0) is 18.4. The van der Waals surface area contributed by atoms with Gasteiger partial charge in [0.2, 0.25) is 11.9 Å². The van der Waals surface area contributed by atoms with Crippen molar-refractivity contribution in [1.29, 1.82) is 5.26 Å². The van der Waals surface area contributed by atoms with Crippen LogP contribution in [0, 0.1) is 11.3 Å². The quantitative estimate of drug-likeness (QED) is 0.874. The zero-order valence-electron chi connectivity index (χ0n) is 14.5. The minimum absolute atomic E-state index is 0.156. The smallest absolute Gasteiger partial charge is 0.227 e. The lowest BCUT2D eigenvalue weighted by molar-refractivity contribution is -0.130. The number of aromatic nitrogens is 3. The van der Waals surface area contributed by atoms with Crippen LogP contribution in [0.5, 0.6) is 0 Å². The Balaban J connectivity index is 1.57. The van der Waals surface area contributed by atoms with Gasteiger partial charge in [-0.2, -0.15) is 10.2 Å². The van der Waals surface area contributed by atoms with Crippen molar-refractivity contribution in [2.45, 2.75) is 19.3 Å². The molecule has 2 N–H and O–H groups in total. The molecule has 2 aromatic rings. The van der Waals surface area contributed by atoms with Crippen molar-refractivity contribution in [3.05, 3.63) is 41.9 Å². The van der Waals surface area contributed by atoms with Crippen molar-refractivity contribution in [2.24, 2.45) is 0 Å². The number of pyridine rings is 1. The van der Waals surface area contributed by atoms with E-state index in [-0.39, 0.29) is 17.3 Å². The molecule has 1 amide bonds. The van der Waals surface area contributed by atoms with E-state index in [9.17, 15) is 4.79 Å². The molecule has 26 heavy (non-hydrogen) atoms. The summed E-state index contributed by atoms with van der Waals surface area (Å²) < 4.78 is 0. The number of aryl methyl sites for hydroxylation is 1. The number of hydrogen-bond acceptors (Lipinski definition) is 7. The van der Waals surface area contributed by atoms with E-state index < -0.39 is 0 Å². The third kappa shape index (κ3) is 4.25. The Morgan fingerprint density at radius 1 is 1.23 bits per heavy atom. The molecule has 0 bridgehead atoms. The van der Waals surface area contributed by atoms with E-state index in [1.165, 1.54) is 6.20 Å². The molecule has 8 nitrogen and oxygen atoms in total. The molecule has 134 valence electrons. The van der Waals surface area contributed by atoms with Gasteiger partial charge in [-0.15, -0.1) is 0 Å². The zero-order valence-corrected chi connectivity index (χ0v) is 14.5. The maximum atomic E-state index is 12.5. The van der Waals surface area contributed by atoms with E-state index in [1.807, 2.05) is 28.0 Å². The fourth-order valence-corrected chi connectivity index (χ4v) is 2.95. The summed E-state index contributed by atoms with van der Waals surface area (Å²) in [6.45, 7) is 2.74. The average molecular weight is 351 g/mol. The highest BCUT2D eigenvalue weighted by atomic mass is 16.2. The SMILES string of the molecule is N#Cc1cnc(N2CCCN(C(=O)CCc3ccncc3)CC2)nc1N. The first kappa shape index (κ1) is 17.6. The van der Waals surface area contributed by atoms with Gasteiger partial charge < -0.3 is 15.5 Å². The summed E-state index contributed by atoms with van der Waals surface area (Å²) in [7, 11) is 0. The molecule has 1 aliphatic heterocycles. The minimum atomic E-state index is 0.156. The number of nitriles is 1. The van der Waals surface area contributed by atoms with Gasteiger partial charge in [0, 0.05) is 45.0 Å². The van der Waals surface area contributed by atoms with Gasteiger partial charge in [-0.1, -0.05) is 0 Å². The van der Waals surface area contributed by atoms with Crippen LogP contribution in [0.4, 0.5) is 11.8 Å². The number of nitrogens with zero attached hydrogens (tertiary/aromatic N) is 6. The summed E-state index contributed by atoms with van der Waals surface area (Å²) in [5.41, 5.74) is 7.17. The molecule has 0 spiro atoms. The summed E-state index contributed by atoms with van der Waals surface area (Å²) in [4.78, 5) is 28.8. The van der Waals surface area contributed by atoms with Crippen LogP contribution in [0.1, 0.15) is 24.0 Å². The Kier molecular flexibility index (Phi) is 5.59. The molecule has 0 radical (unpaired) electrons. The van der Waals surface area contributed by atoms with E-state index in [1.54, 1.807) is 12.4 Å². The molecule has 1 saturated heterocycles. The van der Waals surface area contributed by atoms with Crippen LogP contribution in [0.25, 0.3) is 0 Å². The predicted octanol–water partition coefficient (Wildman–Crippen LogP) is 0.997. The summed E-state index contributed by atoms with van der Waals surface area (Å²) in [5, 5.41) is 8.92. The van der Waals surface area contributed by atoms with Crippen molar-refractivity contribution in [3.63, 3.8) is 0 Å². The Morgan fingerprint density at radius 2 is 2.04 bits per heavy atom. The number of carbonyl (C=O) groups excluding carboxylic acids is 1. The first-order chi connectivity index (χ1) is 12.7. The highest BCUT2D eigenvalue weighted by Gasteiger charge is 2.21. The second-order valence-electron chi connectivity index (χ2n) is 6.16. The third-order valence-corrected chi connectivity index (χ3v) is 4.43. The van der Waals surface area contributed by atoms with Crippen LogP contribution in [0.3, 0.4) is 0 Å². The van der Waals surface area contributed by atoms with Gasteiger partial charge >= 0.3 is 0 Å².